The van der Waals surface area contributed by atoms with Gasteiger partial charge >= 0.3 is 6.03 Å². The zero-order valence-electron chi connectivity index (χ0n) is 9.81. The summed E-state index contributed by atoms with van der Waals surface area (Å²) in [5.41, 5.74) is 12.0. The molecule has 17 heavy (non-hydrogen) atoms. The Morgan fingerprint density at radius 3 is 2.47 bits per heavy atom. The largest absolute Gasteiger partial charge is 0.397 e. The molecule has 0 saturated carbocycles. The van der Waals surface area contributed by atoms with Crippen LogP contribution in [0.4, 0.5) is 16.2 Å². The van der Waals surface area contributed by atoms with Crippen molar-refractivity contribution in [2.75, 3.05) is 17.7 Å². The van der Waals surface area contributed by atoms with Gasteiger partial charge in [-0.1, -0.05) is 12.1 Å². The van der Waals surface area contributed by atoms with Gasteiger partial charge in [0.1, 0.15) is 6.04 Å². The van der Waals surface area contributed by atoms with Crippen LogP contribution in [-0.2, 0) is 4.79 Å². The summed E-state index contributed by atoms with van der Waals surface area (Å²) in [7, 11) is 1.72. The van der Waals surface area contributed by atoms with Crippen molar-refractivity contribution in [3.8, 4) is 0 Å². The topological polar surface area (TPSA) is 101 Å². The minimum absolute atomic E-state index is 0.469. The quantitative estimate of drug-likeness (QED) is 0.656. The fourth-order valence-electron chi connectivity index (χ4n) is 1.42. The maximum atomic E-state index is 11.6. The highest BCUT2D eigenvalue weighted by atomic mass is 16.2. The average molecular weight is 236 g/mol. The van der Waals surface area contributed by atoms with E-state index in [9.17, 15) is 9.59 Å². The third-order valence-electron chi connectivity index (χ3n) is 2.52. The summed E-state index contributed by atoms with van der Waals surface area (Å²) in [5, 5.41) is 2.03. The maximum absolute atomic E-state index is 11.6. The number of nitrogen functional groups attached to an aromatic ring is 1. The molecule has 1 atom stereocenters. The smallest absolute Gasteiger partial charge is 0.318 e. The lowest BCUT2D eigenvalue weighted by Crippen LogP contribution is -2.47. The molecule has 0 aliphatic heterocycles. The second-order valence-corrected chi connectivity index (χ2v) is 3.70. The van der Waals surface area contributed by atoms with Crippen molar-refractivity contribution in [1.82, 2.24) is 5.32 Å². The number of hydrogen-bond acceptors (Lipinski definition) is 4. The molecule has 1 rings (SSSR count). The summed E-state index contributed by atoms with van der Waals surface area (Å²) >= 11 is 0. The highest BCUT2D eigenvalue weighted by molar-refractivity contribution is 5.97. The van der Waals surface area contributed by atoms with Gasteiger partial charge in [-0.15, -0.1) is 0 Å². The van der Waals surface area contributed by atoms with E-state index in [-0.39, 0.29) is 0 Å². The second kappa shape index (κ2) is 5.20. The Labute approximate surface area is 99.6 Å². The van der Waals surface area contributed by atoms with E-state index in [1.54, 1.807) is 37.1 Å². The van der Waals surface area contributed by atoms with E-state index in [2.05, 4.69) is 0 Å². The molecule has 1 aromatic rings. The van der Waals surface area contributed by atoms with Gasteiger partial charge in [-0.2, -0.15) is 0 Å². The van der Waals surface area contributed by atoms with Crippen LogP contribution in [-0.4, -0.2) is 25.0 Å². The van der Waals surface area contributed by atoms with Gasteiger partial charge in [0, 0.05) is 7.05 Å². The summed E-state index contributed by atoms with van der Waals surface area (Å²) < 4.78 is 0. The number of nitrogens with one attached hydrogen (secondary N) is 1. The van der Waals surface area contributed by atoms with E-state index in [0.29, 0.717) is 5.69 Å². The molecule has 0 fully saturated rings. The molecule has 92 valence electrons. The number of rotatable bonds is 3. The normalized spacial score (nSPS) is 11.6. The van der Waals surface area contributed by atoms with Gasteiger partial charge < -0.3 is 16.4 Å². The Morgan fingerprint density at radius 2 is 1.94 bits per heavy atom. The lowest BCUT2D eigenvalue weighted by molar-refractivity contribution is -0.120. The van der Waals surface area contributed by atoms with Gasteiger partial charge in [-0.05, 0) is 19.1 Å². The van der Waals surface area contributed by atoms with Crippen LogP contribution in [0.3, 0.4) is 0 Å². The van der Waals surface area contributed by atoms with Crippen molar-refractivity contribution >= 4 is 23.3 Å². The first kappa shape index (κ1) is 12.8. The van der Waals surface area contributed by atoms with E-state index < -0.39 is 18.0 Å². The van der Waals surface area contributed by atoms with Gasteiger partial charge in [-0.25, -0.2) is 4.79 Å². The molecule has 1 aromatic carbocycles. The minimum Gasteiger partial charge on any atom is -0.397 e. The van der Waals surface area contributed by atoms with Crippen LogP contribution in [0.2, 0.25) is 0 Å². The fourth-order valence-corrected chi connectivity index (χ4v) is 1.42. The Balaban J connectivity index is 2.83. The Kier molecular flexibility index (Phi) is 3.92. The maximum Gasteiger partial charge on any atom is 0.318 e. The lowest BCUT2D eigenvalue weighted by atomic mass is 10.2. The number of hydrogen-bond donors (Lipinski definition) is 3. The molecule has 0 spiro atoms. The molecule has 0 aliphatic carbocycles. The van der Waals surface area contributed by atoms with Crippen LogP contribution < -0.4 is 21.7 Å². The number of urea groups is 1. The SMILES string of the molecule is CC(C(=O)NC(N)=O)N(C)c1ccccc1N. The number of primary amides is 1. The zero-order chi connectivity index (χ0) is 13.0. The summed E-state index contributed by atoms with van der Waals surface area (Å²) in [6.45, 7) is 1.66. The second-order valence-electron chi connectivity index (χ2n) is 3.70. The van der Waals surface area contributed by atoms with E-state index in [0.717, 1.165) is 5.69 Å². The first-order valence-corrected chi connectivity index (χ1v) is 5.11. The number of nitrogens with zero attached hydrogens (tertiary/aromatic N) is 1. The molecule has 0 aliphatic rings. The van der Waals surface area contributed by atoms with Crippen LogP contribution in [0, 0.1) is 0 Å². The first-order valence-electron chi connectivity index (χ1n) is 5.11. The molecule has 0 heterocycles. The standard InChI is InChI=1S/C11H16N4O2/c1-7(10(16)14-11(13)17)15(2)9-6-4-3-5-8(9)12/h3-7H,12H2,1-2H3,(H3,13,14,16,17). The van der Waals surface area contributed by atoms with Crippen molar-refractivity contribution in [2.45, 2.75) is 13.0 Å². The molecular weight excluding hydrogens is 220 g/mol. The van der Waals surface area contributed by atoms with Crippen molar-refractivity contribution < 1.29 is 9.59 Å². The summed E-state index contributed by atoms with van der Waals surface area (Å²) in [6, 6.07) is 5.75. The summed E-state index contributed by atoms with van der Waals surface area (Å²) in [4.78, 5) is 23.8. The van der Waals surface area contributed by atoms with Crippen LogP contribution in [0.1, 0.15) is 6.92 Å². The number of para-hydroxylation sites is 2. The molecule has 0 aromatic heterocycles. The number of carbonyl (C=O) groups excluding carboxylic acids is 2. The molecule has 6 heteroatoms. The Hall–Kier alpha value is -2.24. The number of likely N-dealkylation sites (N-methyl/N-ethyl adjacent to an activating group) is 1. The number of imide groups is 1. The monoisotopic (exact) mass is 236 g/mol. The number of carbonyl (C=O) groups is 2. The molecule has 1 unspecified atom stereocenters. The third kappa shape index (κ3) is 3.10. The predicted molar refractivity (Wildman–Crippen MR) is 66.4 cm³/mol. The lowest BCUT2D eigenvalue weighted by Gasteiger charge is -2.26. The minimum atomic E-state index is -0.865. The fraction of sp³-hybridized carbons (Fsp3) is 0.273. The molecule has 0 radical (unpaired) electrons. The van der Waals surface area contributed by atoms with Gasteiger partial charge in [0.05, 0.1) is 11.4 Å². The molecule has 5 N–H and O–H groups in total. The van der Waals surface area contributed by atoms with E-state index in [4.69, 9.17) is 11.5 Å². The van der Waals surface area contributed by atoms with Crippen molar-refractivity contribution in [3.05, 3.63) is 24.3 Å². The molecular formula is C11H16N4O2. The van der Waals surface area contributed by atoms with E-state index >= 15 is 0 Å². The van der Waals surface area contributed by atoms with Crippen molar-refractivity contribution in [3.63, 3.8) is 0 Å². The number of benzene rings is 1. The Morgan fingerprint density at radius 1 is 1.35 bits per heavy atom. The molecule has 6 nitrogen and oxygen atoms in total. The zero-order valence-corrected chi connectivity index (χ0v) is 9.81. The van der Waals surface area contributed by atoms with Gasteiger partial charge in [0.15, 0.2) is 0 Å². The van der Waals surface area contributed by atoms with E-state index in [1.807, 2.05) is 11.4 Å². The van der Waals surface area contributed by atoms with Crippen molar-refractivity contribution in [2.24, 2.45) is 5.73 Å². The van der Waals surface area contributed by atoms with Crippen LogP contribution >= 0.6 is 0 Å². The number of amides is 3. The molecule has 3 amide bonds. The van der Waals surface area contributed by atoms with Gasteiger partial charge in [0.25, 0.3) is 0 Å². The third-order valence-corrected chi connectivity index (χ3v) is 2.52. The first-order chi connectivity index (χ1) is 7.93. The van der Waals surface area contributed by atoms with Crippen LogP contribution in [0.5, 0.6) is 0 Å². The Bertz CT molecular complexity index is 433. The number of anilines is 2. The van der Waals surface area contributed by atoms with Gasteiger partial charge in [-0.3, -0.25) is 10.1 Å². The highest BCUT2D eigenvalue weighted by Crippen LogP contribution is 2.22. The summed E-state index contributed by atoms with van der Waals surface area (Å²) in [6.07, 6.45) is 0. The van der Waals surface area contributed by atoms with Crippen molar-refractivity contribution in [1.29, 1.82) is 0 Å². The van der Waals surface area contributed by atoms with Crippen LogP contribution in [0.15, 0.2) is 24.3 Å². The molecule has 0 bridgehead atoms. The average Bonchev–Trinajstić information content (AvgIpc) is 2.27. The summed E-state index contributed by atoms with van der Waals surface area (Å²) in [5.74, 6) is -0.469. The number of nitrogens with two attached hydrogens (primary N) is 2. The van der Waals surface area contributed by atoms with Crippen LogP contribution in [0.25, 0.3) is 0 Å². The van der Waals surface area contributed by atoms with Gasteiger partial charge in [0.2, 0.25) is 5.91 Å². The molecule has 0 saturated heterocycles. The predicted octanol–water partition coefficient (Wildman–Crippen LogP) is 0.288. The highest BCUT2D eigenvalue weighted by Gasteiger charge is 2.20. The van der Waals surface area contributed by atoms with E-state index in [1.165, 1.54) is 0 Å².